The summed E-state index contributed by atoms with van der Waals surface area (Å²) in [5.74, 6) is 2.71. The van der Waals surface area contributed by atoms with Gasteiger partial charge < -0.3 is 8.61 Å². The molecule has 4 aliphatic rings. The van der Waals surface area contributed by atoms with Crippen LogP contribution < -0.4 is 0 Å². The Labute approximate surface area is 268 Å². The van der Waals surface area contributed by atoms with Crippen LogP contribution in [0.25, 0.3) is 0 Å². The molecule has 0 amide bonds. The van der Waals surface area contributed by atoms with Gasteiger partial charge in [-0.15, -0.1) is 0 Å². The number of rotatable bonds is 14. The summed E-state index contributed by atoms with van der Waals surface area (Å²) < 4.78 is 77.1. The average molecular weight is 659 g/mol. The Hall–Kier alpha value is -0.413. The van der Waals surface area contributed by atoms with E-state index in [-0.39, 0.29) is 17.4 Å². The van der Waals surface area contributed by atoms with Gasteiger partial charge in [0, 0.05) is 6.61 Å². The third-order valence-corrected chi connectivity index (χ3v) is 18.5. The summed E-state index contributed by atoms with van der Waals surface area (Å²) in [6.07, 6.45) is 20.3. The van der Waals surface area contributed by atoms with Gasteiger partial charge >= 0.3 is 15.6 Å². The first kappa shape index (κ1) is 36.4. The zero-order valence-electron chi connectivity index (χ0n) is 28.3. The molecule has 0 spiro atoms. The second-order valence-corrected chi connectivity index (χ2v) is 23.0. The van der Waals surface area contributed by atoms with Crippen LogP contribution in [0.2, 0.25) is 54.0 Å². The molecule has 11 heteroatoms. The van der Waals surface area contributed by atoms with E-state index in [0.29, 0.717) is 26.3 Å². The monoisotopic (exact) mass is 658 g/mol. The molecule has 4 saturated heterocycles. The van der Waals surface area contributed by atoms with Gasteiger partial charge in [0.1, 0.15) is 19.2 Å². The van der Waals surface area contributed by atoms with Crippen molar-refractivity contribution in [1.29, 1.82) is 0 Å². The smallest absolute Gasteiger partial charge is 0.416 e. The normalized spacial score (nSPS) is 28.0. The molecule has 0 N–H and O–H groups in total. The molecule has 0 aromatic rings. The second kappa shape index (κ2) is 14.4. The summed E-state index contributed by atoms with van der Waals surface area (Å²) in [6, 6.07) is 0. The van der Waals surface area contributed by atoms with Crippen LogP contribution in [-0.4, -0.2) is 42.3 Å². The van der Waals surface area contributed by atoms with Gasteiger partial charge in [0.2, 0.25) is 0 Å². The van der Waals surface area contributed by atoms with E-state index >= 15 is 0 Å². The van der Waals surface area contributed by atoms with Gasteiger partial charge in [-0.2, -0.15) is 21.6 Å². The Balaban J connectivity index is 1.58. The zero-order chi connectivity index (χ0) is 32.4. The molecular formula is C33H59B2F3O4SSi. The molecule has 0 saturated carbocycles. The van der Waals surface area contributed by atoms with Gasteiger partial charge in [0.25, 0.3) is 0 Å². The van der Waals surface area contributed by atoms with Crippen molar-refractivity contribution in [2.24, 2.45) is 5.41 Å². The molecule has 4 fully saturated rings. The van der Waals surface area contributed by atoms with Crippen molar-refractivity contribution in [3.8, 4) is 0 Å². The minimum Gasteiger partial charge on any atom is -0.416 e. The lowest BCUT2D eigenvalue weighted by molar-refractivity contribution is -0.0540. The number of fused-ring (bicyclic) bond motifs is 4. The maximum absolute atomic E-state index is 13.6. The third-order valence-electron chi connectivity index (χ3n) is 13.0. The maximum atomic E-state index is 13.6. The fourth-order valence-corrected chi connectivity index (χ4v) is 11.0. The molecule has 0 unspecified atom stereocenters. The molecule has 0 atom stereocenters. The summed E-state index contributed by atoms with van der Waals surface area (Å²) in [7, 11) is -8.13. The average Bonchev–Trinajstić information content (AvgIpc) is 2.89. The third kappa shape index (κ3) is 8.54. The topological polar surface area (TPSA) is 52.6 Å². The van der Waals surface area contributed by atoms with E-state index in [1.165, 1.54) is 77.0 Å². The van der Waals surface area contributed by atoms with Crippen LogP contribution in [0.1, 0.15) is 124 Å². The first-order chi connectivity index (χ1) is 20.5. The highest BCUT2D eigenvalue weighted by atomic mass is 32.2. The van der Waals surface area contributed by atoms with Crippen LogP contribution in [0.4, 0.5) is 13.2 Å². The quantitative estimate of drug-likeness (QED) is 0.0807. The van der Waals surface area contributed by atoms with Crippen LogP contribution in [-0.2, 0) is 18.7 Å². The molecule has 4 bridgehead atoms. The van der Waals surface area contributed by atoms with Crippen molar-refractivity contribution in [3.63, 3.8) is 0 Å². The fourth-order valence-electron chi connectivity index (χ4n) is 9.36. The van der Waals surface area contributed by atoms with Crippen molar-refractivity contribution < 1.29 is 30.2 Å². The molecule has 0 aliphatic carbocycles. The van der Waals surface area contributed by atoms with E-state index in [2.05, 4.69) is 40.4 Å². The summed E-state index contributed by atoms with van der Waals surface area (Å²) in [5, 5.41) is -0.0991. The molecule has 0 radical (unpaired) electrons. The molecule has 4 heterocycles. The van der Waals surface area contributed by atoms with E-state index < -0.39 is 29.4 Å². The van der Waals surface area contributed by atoms with E-state index in [4.69, 9.17) is 8.61 Å². The minimum absolute atomic E-state index is 0.0991. The SMILES string of the molecule is C=C(OS(=O)(=O)C(F)(F)F)C(CCCB1C2CCCC1CCC2)(CCCB1C2CCCC1CCC2)CO[Si](C)(C)C(C)(C)C. The predicted molar refractivity (Wildman–Crippen MR) is 181 cm³/mol. The van der Waals surface area contributed by atoms with Crippen molar-refractivity contribution in [1.82, 2.24) is 0 Å². The van der Waals surface area contributed by atoms with Gasteiger partial charge in [-0.3, -0.25) is 0 Å². The van der Waals surface area contributed by atoms with E-state index in [1.54, 1.807) is 0 Å². The number of hydrogen-bond acceptors (Lipinski definition) is 4. The lowest BCUT2D eigenvalue weighted by Gasteiger charge is -2.44. The predicted octanol–water partition coefficient (Wildman–Crippen LogP) is 11.1. The van der Waals surface area contributed by atoms with E-state index in [1.807, 2.05) is 0 Å². The second-order valence-electron chi connectivity index (χ2n) is 16.6. The Bertz CT molecular complexity index is 996. The Morgan fingerprint density at radius 1 is 0.773 bits per heavy atom. The standard InChI is InChI=1S/C33H59B2F3O4SSi/c1-26(42-43(39,40)33(36,37)38)32(25-41-44(5,6)31(2,3)4,21-11-23-34-27-13-7-14-28(34)16-8-15-27)22-12-24-35-29-17-9-18-30(35)20-10-19-29/h27-30H,1,7-25H2,2-6H3. The number of hydrogen-bond donors (Lipinski definition) is 0. The summed E-state index contributed by atoms with van der Waals surface area (Å²) in [5.41, 5.74) is -6.48. The van der Waals surface area contributed by atoms with Crippen LogP contribution >= 0.6 is 0 Å². The van der Waals surface area contributed by atoms with Gasteiger partial charge in [0.15, 0.2) is 8.32 Å². The Morgan fingerprint density at radius 2 is 1.14 bits per heavy atom. The highest BCUT2D eigenvalue weighted by Gasteiger charge is 2.52. The zero-order valence-corrected chi connectivity index (χ0v) is 30.1. The van der Waals surface area contributed by atoms with E-state index in [0.717, 1.165) is 48.8 Å². The number of alkyl halides is 3. The molecule has 0 aromatic heterocycles. The number of halogens is 3. The lowest BCUT2D eigenvalue weighted by atomic mass is 9.25. The first-order valence-corrected chi connectivity index (χ1v) is 22.1. The van der Waals surface area contributed by atoms with Crippen molar-refractivity contribution >= 4 is 31.9 Å². The molecule has 4 nitrogen and oxygen atoms in total. The van der Waals surface area contributed by atoms with Gasteiger partial charge in [-0.05, 0) is 31.0 Å². The van der Waals surface area contributed by atoms with Crippen LogP contribution in [0, 0.1) is 5.41 Å². The lowest BCUT2D eigenvalue weighted by Crippen LogP contribution is -2.45. The summed E-state index contributed by atoms with van der Waals surface area (Å²) >= 11 is 0. The Kier molecular flexibility index (Phi) is 11.9. The summed E-state index contributed by atoms with van der Waals surface area (Å²) in [6.45, 7) is 16.1. The highest BCUT2D eigenvalue weighted by Crippen LogP contribution is 2.52. The first-order valence-electron chi connectivity index (χ1n) is 17.8. The van der Waals surface area contributed by atoms with Gasteiger partial charge in [-0.1, -0.05) is 153 Å². The highest BCUT2D eigenvalue weighted by molar-refractivity contribution is 7.87. The van der Waals surface area contributed by atoms with E-state index in [9.17, 15) is 21.6 Å². The van der Waals surface area contributed by atoms with Crippen molar-refractivity contribution in [2.45, 2.75) is 183 Å². The van der Waals surface area contributed by atoms with Gasteiger partial charge in [-0.25, -0.2) is 0 Å². The fraction of sp³-hybridized carbons (Fsp3) is 0.939. The van der Waals surface area contributed by atoms with Gasteiger partial charge in [0.05, 0.1) is 5.41 Å². The Morgan fingerprint density at radius 3 is 1.45 bits per heavy atom. The largest absolute Gasteiger partial charge is 0.534 e. The van der Waals surface area contributed by atoms with Crippen LogP contribution in [0.5, 0.6) is 0 Å². The minimum atomic E-state index is -5.82. The van der Waals surface area contributed by atoms with Crippen molar-refractivity contribution in [2.75, 3.05) is 6.61 Å². The molecule has 0 aromatic carbocycles. The molecule has 4 aliphatic heterocycles. The summed E-state index contributed by atoms with van der Waals surface area (Å²) in [4.78, 5) is 0. The van der Waals surface area contributed by atoms with Crippen molar-refractivity contribution in [3.05, 3.63) is 12.3 Å². The molecular weight excluding hydrogens is 599 g/mol. The van der Waals surface area contributed by atoms with Crippen LogP contribution in [0.3, 0.4) is 0 Å². The molecule has 252 valence electrons. The van der Waals surface area contributed by atoms with Crippen LogP contribution in [0.15, 0.2) is 12.3 Å². The molecule has 44 heavy (non-hydrogen) atoms. The maximum Gasteiger partial charge on any atom is 0.534 e. The molecule has 4 rings (SSSR count).